The van der Waals surface area contributed by atoms with Gasteiger partial charge in [0, 0.05) is 16.6 Å². The standard InChI is InChI=1S/C23H14ClN3O/c24-23-25-20(15-9-3-1-4-10-15)19-21(26-23)17-13-7-8-14-18(17)27(22(19)28)16-11-5-2-6-12-16/h1-14H. The van der Waals surface area contributed by atoms with Gasteiger partial charge in [-0.15, -0.1) is 0 Å². The topological polar surface area (TPSA) is 47.8 Å². The van der Waals surface area contributed by atoms with Gasteiger partial charge in [0.25, 0.3) is 5.56 Å². The van der Waals surface area contributed by atoms with Crippen LogP contribution in [0, 0.1) is 0 Å². The maximum absolute atomic E-state index is 13.7. The molecule has 0 atom stereocenters. The van der Waals surface area contributed by atoms with Crippen molar-refractivity contribution in [3.05, 3.63) is 101 Å². The fraction of sp³-hybridized carbons (Fsp3) is 0. The van der Waals surface area contributed by atoms with Crippen molar-refractivity contribution in [2.24, 2.45) is 0 Å². The van der Waals surface area contributed by atoms with Crippen LogP contribution in [0.5, 0.6) is 0 Å². The molecule has 0 unspecified atom stereocenters. The van der Waals surface area contributed by atoms with Crippen molar-refractivity contribution in [2.75, 3.05) is 0 Å². The Hall–Kier alpha value is -3.50. The van der Waals surface area contributed by atoms with Crippen LogP contribution in [0.2, 0.25) is 5.28 Å². The highest BCUT2D eigenvalue weighted by Gasteiger charge is 2.19. The van der Waals surface area contributed by atoms with Gasteiger partial charge in [-0.05, 0) is 29.8 Å². The maximum atomic E-state index is 13.7. The molecule has 0 spiro atoms. The molecule has 0 bridgehead atoms. The third-order valence-corrected chi connectivity index (χ3v) is 4.93. The summed E-state index contributed by atoms with van der Waals surface area (Å²) in [7, 11) is 0. The normalized spacial score (nSPS) is 11.2. The average molecular weight is 384 g/mol. The van der Waals surface area contributed by atoms with Gasteiger partial charge in [0.2, 0.25) is 5.28 Å². The van der Waals surface area contributed by atoms with Crippen LogP contribution < -0.4 is 5.56 Å². The first-order valence-electron chi connectivity index (χ1n) is 8.86. The zero-order valence-electron chi connectivity index (χ0n) is 14.7. The van der Waals surface area contributed by atoms with E-state index in [0.29, 0.717) is 16.6 Å². The quantitative estimate of drug-likeness (QED) is 0.309. The van der Waals surface area contributed by atoms with E-state index in [9.17, 15) is 4.79 Å². The molecule has 0 saturated carbocycles. The molecule has 4 nitrogen and oxygen atoms in total. The van der Waals surface area contributed by atoms with Crippen molar-refractivity contribution >= 4 is 33.4 Å². The molecule has 2 aromatic heterocycles. The van der Waals surface area contributed by atoms with Crippen LogP contribution in [0.15, 0.2) is 89.7 Å². The van der Waals surface area contributed by atoms with Gasteiger partial charge >= 0.3 is 0 Å². The summed E-state index contributed by atoms with van der Waals surface area (Å²) in [4.78, 5) is 22.5. The SMILES string of the molecule is O=c1c2c(-c3ccccc3)nc(Cl)nc2c2ccccc2n1-c1ccccc1. The van der Waals surface area contributed by atoms with Crippen LogP contribution in [0.4, 0.5) is 0 Å². The van der Waals surface area contributed by atoms with Crippen LogP contribution in [0.25, 0.3) is 38.8 Å². The zero-order valence-corrected chi connectivity index (χ0v) is 15.5. The van der Waals surface area contributed by atoms with Gasteiger partial charge in [0.05, 0.1) is 22.1 Å². The minimum absolute atomic E-state index is 0.119. The number of rotatable bonds is 2. The highest BCUT2D eigenvalue weighted by Crippen LogP contribution is 2.30. The molecule has 28 heavy (non-hydrogen) atoms. The van der Waals surface area contributed by atoms with E-state index in [2.05, 4.69) is 9.97 Å². The lowest BCUT2D eigenvalue weighted by Gasteiger charge is -2.14. The Morgan fingerprint density at radius 1 is 0.750 bits per heavy atom. The lowest BCUT2D eigenvalue weighted by Crippen LogP contribution is -2.20. The van der Waals surface area contributed by atoms with E-state index in [1.165, 1.54) is 0 Å². The Balaban J connectivity index is 2.04. The molecule has 5 rings (SSSR count). The summed E-state index contributed by atoms with van der Waals surface area (Å²) in [5, 5.41) is 1.42. The van der Waals surface area contributed by atoms with E-state index in [4.69, 9.17) is 11.6 Å². The number of para-hydroxylation sites is 2. The van der Waals surface area contributed by atoms with Gasteiger partial charge in [-0.2, -0.15) is 0 Å². The van der Waals surface area contributed by atoms with Crippen LogP contribution >= 0.6 is 11.6 Å². The molecule has 5 aromatic rings. The molecule has 0 fully saturated rings. The van der Waals surface area contributed by atoms with Crippen LogP contribution in [0.1, 0.15) is 0 Å². The van der Waals surface area contributed by atoms with Crippen molar-refractivity contribution in [3.63, 3.8) is 0 Å². The minimum Gasteiger partial charge on any atom is -0.276 e. The Bertz CT molecular complexity index is 1380. The fourth-order valence-electron chi connectivity index (χ4n) is 3.56. The molecule has 0 N–H and O–H groups in total. The number of aromatic nitrogens is 3. The van der Waals surface area contributed by atoms with Gasteiger partial charge in [-0.25, -0.2) is 9.97 Å². The zero-order chi connectivity index (χ0) is 19.1. The van der Waals surface area contributed by atoms with Gasteiger partial charge in [-0.1, -0.05) is 66.7 Å². The largest absolute Gasteiger partial charge is 0.276 e. The second-order valence-corrected chi connectivity index (χ2v) is 6.76. The molecule has 0 aliphatic rings. The maximum Gasteiger partial charge on any atom is 0.267 e. The molecule has 0 aliphatic heterocycles. The van der Waals surface area contributed by atoms with Crippen molar-refractivity contribution in [1.82, 2.24) is 14.5 Å². The second-order valence-electron chi connectivity index (χ2n) is 6.42. The number of benzene rings is 3. The highest BCUT2D eigenvalue weighted by atomic mass is 35.5. The summed E-state index contributed by atoms with van der Waals surface area (Å²) in [6.45, 7) is 0. The third-order valence-electron chi connectivity index (χ3n) is 4.76. The molecule has 134 valence electrons. The molecular formula is C23H14ClN3O. The van der Waals surface area contributed by atoms with Crippen molar-refractivity contribution < 1.29 is 0 Å². The summed E-state index contributed by atoms with van der Waals surface area (Å²) in [5.41, 5.74) is 3.32. The summed E-state index contributed by atoms with van der Waals surface area (Å²) in [6.07, 6.45) is 0. The number of pyridine rings is 1. The molecule has 3 aromatic carbocycles. The molecule has 0 radical (unpaired) electrons. The number of hydrogen-bond donors (Lipinski definition) is 0. The predicted molar refractivity (Wildman–Crippen MR) is 113 cm³/mol. The van der Waals surface area contributed by atoms with Gasteiger partial charge in [0.15, 0.2) is 0 Å². The first-order valence-corrected chi connectivity index (χ1v) is 9.24. The monoisotopic (exact) mass is 383 g/mol. The van der Waals surface area contributed by atoms with Crippen molar-refractivity contribution in [2.45, 2.75) is 0 Å². The van der Waals surface area contributed by atoms with E-state index < -0.39 is 0 Å². The predicted octanol–water partition coefficient (Wildman–Crippen LogP) is 5.25. The van der Waals surface area contributed by atoms with Crippen LogP contribution in [0.3, 0.4) is 0 Å². The average Bonchev–Trinajstić information content (AvgIpc) is 2.75. The van der Waals surface area contributed by atoms with Crippen molar-refractivity contribution in [1.29, 1.82) is 0 Å². The van der Waals surface area contributed by atoms with E-state index in [-0.39, 0.29) is 10.8 Å². The number of halogens is 1. The summed E-state index contributed by atoms with van der Waals surface area (Å²) in [6, 6.07) is 26.9. The Morgan fingerprint density at radius 2 is 1.39 bits per heavy atom. The minimum atomic E-state index is -0.171. The molecule has 5 heteroatoms. The smallest absolute Gasteiger partial charge is 0.267 e. The molecule has 0 amide bonds. The van der Waals surface area contributed by atoms with Crippen LogP contribution in [-0.2, 0) is 0 Å². The Morgan fingerprint density at radius 3 is 2.14 bits per heavy atom. The van der Waals surface area contributed by atoms with Crippen LogP contribution in [-0.4, -0.2) is 14.5 Å². The Kier molecular flexibility index (Phi) is 3.92. The van der Waals surface area contributed by atoms with E-state index in [1.54, 1.807) is 4.57 Å². The lowest BCUT2D eigenvalue weighted by atomic mass is 10.0. The summed E-state index contributed by atoms with van der Waals surface area (Å²) >= 11 is 6.25. The van der Waals surface area contributed by atoms with E-state index >= 15 is 0 Å². The van der Waals surface area contributed by atoms with Crippen molar-refractivity contribution in [3.8, 4) is 16.9 Å². The lowest BCUT2D eigenvalue weighted by molar-refractivity contribution is 1.05. The number of nitrogens with zero attached hydrogens (tertiary/aromatic N) is 3. The third kappa shape index (κ3) is 2.58. The van der Waals surface area contributed by atoms with Gasteiger partial charge < -0.3 is 0 Å². The Labute approximate surface area is 165 Å². The molecule has 0 saturated heterocycles. The number of hydrogen-bond acceptors (Lipinski definition) is 3. The van der Waals surface area contributed by atoms with E-state index in [1.807, 2.05) is 84.9 Å². The highest BCUT2D eigenvalue weighted by molar-refractivity contribution is 6.29. The first-order chi connectivity index (χ1) is 13.7. The van der Waals surface area contributed by atoms with Gasteiger partial charge in [0.1, 0.15) is 0 Å². The fourth-order valence-corrected chi connectivity index (χ4v) is 3.73. The van der Waals surface area contributed by atoms with Gasteiger partial charge in [-0.3, -0.25) is 9.36 Å². The molecular weight excluding hydrogens is 370 g/mol. The van der Waals surface area contributed by atoms with E-state index in [0.717, 1.165) is 22.2 Å². The molecule has 0 aliphatic carbocycles. The first kappa shape index (κ1) is 16.7. The molecule has 2 heterocycles. The summed E-state index contributed by atoms with van der Waals surface area (Å²) in [5.74, 6) is 0. The number of fused-ring (bicyclic) bond motifs is 3. The second kappa shape index (κ2) is 6.59. The summed E-state index contributed by atoms with van der Waals surface area (Å²) < 4.78 is 1.71.